The maximum atomic E-state index is 2.33. The van der Waals surface area contributed by atoms with Gasteiger partial charge in [-0.05, 0) is 30.3 Å². The number of hydrogen-bond donors (Lipinski definition) is 0. The van der Waals surface area contributed by atoms with Crippen LogP contribution in [0.3, 0.4) is 0 Å². The summed E-state index contributed by atoms with van der Waals surface area (Å²) in [5, 5.41) is 2.65. The second-order valence-electron chi connectivity index (χ2n) is 5.53. The van der Waals surface area contributed by atoms with Crippen molar-refractivity contribution in [3.8, 4) is 0 Å². The third-order valence-electron chi connectivity index (χ3n) is 4.07. The van der Waals surface area contributed by atoms with E-state index in [-0.39, 0.29) is 10.9 Å². The molecule has 1 nitrogen and oxygen atoms in total. The van der Waals surface area contributed by atoms with Crippen LogP contribution in [0.25, 0.3) is 10.9 Å². The predicted molar refractivity (Wildman–Crippen MR) is 98.0 cm³/mol. The first-order valence-corrected chi connectivity index (χ1v) is 8.96. The molecule has 0 N–H and O–H groups in total. The maximum absolute atomic E-state index is 2.33. The molecule has 0 aliphatic rings. The first-order valence-electron chi connectivity index (χ1n) is 7.73. The lowest BCUT2D eigenvalue weighted by atomic mass is 10.2. The van der Waals surface area contributed by atoms with E-state index in [0.29, 0.717) is 0 Å². The molecule has 3 aromatic carbocycles. The largest absolute Gasteiger partial charge is 0.304 e. The van der Waals surface area contributed by atoms with Gasteiger partial charge in [0.2, 0.25) is 5.03 Å². The average molecular weight is 316 g/mol. The molecule has 0 amide bonds. The van der Waals surface area contributed by atoms with Gasteiger partial charge < -0.3 is 4.57 Å². The van der Waals surface area contributed by atoms with E-state index < -0.39 is 0 Å². The third-order valence-corrected chi connectivity index (χ3v) is 6.37. The van der Waals surface area contributed by atoms with Crippen molar-refractivity contribution in [3.63, 3.8) is 0 Å². The van der Waals surface area contributed by atoms with E-state index in [0.717, 1.165) is 0 Å². The van der Waals surface area contributed by atoms with E-state index in [1.54, 1.807) is 0 Å². The molecule has 4 rings (SSSR count). The zero-order valence-electron chi connectivity index (χ0n) is 13.0. The first-order chi connectivity index (χ1) is 11.3. The summed E-state index contributed by atoms with van der Waals surface area (Å²) in [7, 11) is 2.07. The van der Waals surface area contributed by atoms with Gasteiger partial charge in [0.1, 0.15) is 10.9 Å². The summed E-state index contributed by atoms with van der Waals surface area (Å²) >= 11 is 0. The molecule has 23 heavy (non-hydrogen) atoms. The highest BCUT2D eigenvalue weighted by atomic mass is 32.2. The Hall–Kier alpha value is -2.45. The molecule has 0 atom stereocenters. The fraction of sp³-hybridized carbons (Fsp3) is 0.0476. The topological polar surface area (TPSA) is 4.93 Å². The van der Waals surface area contributed by atoms with E-state index in [2.05, 4.69) is 103 Å². The summed E-state index contributed by atoms with van der Waals surface area (Å²) in [5.41, 5.74) is 1.28. The van der Waals surface area contributed by atoms with Crippen LogP contribution in [-0.4, -0.2) is 4.57 Å². The zero-order chi connectivity index (χ0) is 15.6. The molecular formula is C21H18NS+. The van der Waals surface area contributed by atoms with Crippen LogP contribution in [0.1, 0.15) is 0 Å². The van der Waals surface area contributed by atoms with E-state index >= 15 is 0 Å². The molecule has 0 unspecified atom stereocenters. The van der Waals surface area contributed by atoms with Crippen molar-refractivity contribution in [2.45, 2.75) is 14.8 Å². The minimum Gasteiger partial charge on any atom is -0.304 e. The Bertz CT molecular complexity index is 886. The molecule has 1 heterocycles. The van der Waals surface area contributed by atoms with Crippen LogP contribution in [0.15, 0.2) is 106 Å². The summed E-state index contributed by atoms with van der Waals surface area (Å²) in [5.74, 6) is 0. The van der Waals surface area contributed by atoms with Gasteiger partial charge in [0.05, 0.1) is 5.52 Å². The SMILES string of the molecule is Cn1c([S+](c2ccccc2)c2ccccc2)cc2ccccc21. The van der Waals surface area contributed by atoms with Crippen LogP contribution in [0.2, 0.25) is 0 Å². The number of aromatic nitrogens is 1. The molecule has 0 saturated carbocycles. The fourth-order valence-corrected chi connectivity index (χ4v) is 5.18. The number of nitrogens with zero attached hydrogens (tertiary/aromatic N) is 1. The van der Waals surface area contributed by atoms with Crippen molar-refractivity contribution >= 4 is 21.8 Å². The highest BCUT2D eigenvalue weighted by Crippen LogP contribution is 2.34. The Morgan fingerprint density at radius 2 is 1.17 bits per heavy atom. The summed E-state index contributed by atoms with van der Waals surface area (Å²) in [6, 6.07) is 32.5. The monoisotopic (exact) mass is 316 g/mol. The number of rotatable bonds is 3. The fourth-order valence-electron chi connectivity index (χ4n) is 2.95. The molecule has 0 aliphatic carbocycles. The van der Waals surface area contributed by atoms with E-state index in [4.69, 9.17) is 0 Å². The van der Waals surface area contributed by atoms with Crippen molar-refractivity contribution in [1.29, 1.82) is 0 Å². The second kappa shape index (κ2) is 5.98. The number of benzene rings is 3. The number of aryl methyl sites for hydroxylation is 1. The standard InChI is InChI=1S/C21H18NS/c1-22-20-15-9-8-10-17(20)16-21(22)23(18-11-4-2-5-12-18)19-13-6-3-7-14-19/h2-16H,1H3/q+1. The van der Waals surface area contributed by atoms with Gasteiger partial charge in [0.15, 0.2) is 9.79 Å². The van der Waals surface area contributed by atoms with E-state index in [1.165, 1.54) is 25.7 Å². The average Bonchev–Trinajstić information content (AvgIpc) is 2.94. The molecule has 0 bridgehead atoms. The molecular weight excluding hydrogens is 298 g/mol. The van der Waals surface area contributed by atoms with Crippen LogP contribution in [-0.2, 0) is 17.9 Å². The van der Waals surface area contributed by atoms with Gasteiger partial charge in [-0.3, -0.25) is 0 Å². The summed E-state index contributed by atoms with van der Waals surface area (Å²) in [4.78, 5) is 2.70. The van der Waals surface area contributed by atoms with Crippen molar-refractivity contribution in [2.24, 2.45) is 7.05 Å². The van der Waals surface area contributed by atoms with Crippen LogP contribution < -0.4 is 0 Å². The Kier molecular flexibility index (Phi) is 3.68. The van der Waals surface area contributed by atoms with Gasteiger partial charge in [-0.15, -0.1) is 0 Å². The molecule has 0 aliphatic heterocycles. The van der Waals surface area contributed by atoms with E-state index in [9.17, 15) is 0 Å². The quantitative estimate of drug-likeness (QED) is 0.454. The molecule has 4 aromatic rings. The van der Waals surface area contributed by atoms with Gasteiger partial charge in [0.25, 0.3) is 0 Å². The minimum absolute atomic E-state index is 0.0959. The van der Waals surface area contributed by atoms with Crippen LogP contribution >= 0.6 is 0 Å². The Morgan fingerprint density at radius 1 is 0.652 bits per heavy atom. The number of para-hydroxylation sites is 1. The minimum atomic E-state index is -0.0959. The van der Waals surface area contributed by atoms with Gasteiger partial charge in [-0.1, -0.05) is 54.6 Å². The highest BCUT2D eigenvalue weighted by molar-refractivity contribution is 7.97. The smallest absolute Gasteiger partial charge is 0.239 e. The summed E-state index contributed by atoms with van der Waals surface area (Å²) in [6.07, 6.45) is 0. The molecule has 0 radical (unpaired) electrons. The predicted octanol–water partition coefficient (Wildman–Crippen LogP) is 5.27. The Balaban J connectivity index is 1.96. The number of hydrogen-bond acceptors (Lipinski definition) is 0. The molecule has 0 fully saturated rings. The van der Waals surface area contributed by atoms with E-state index in [1.807, 2.05) is 0 Å². The molecule has 0 saturated heterocycles. The van der Waals surface area contributed by atoms with Crippen molar-refractivity contribution in [1.82, 2.24) is 4.57 Å². The van der Waals surface area contributed by atoms with Crippen molar-refractivity contribution < 1.29 is 0 Å². The molecule has 0 spiro atoms. The number of fused-ring (bicyclic) bond motifs is 1. The Labute approximate surface area is 139 Å². The normalized spacial score (nSPS) is 11.2. The molecule has 112 valence electrons. The third kappa shape index (κ3) is 2.55. The lowest BCUT2D eigenvalue weighted by Crippen LogP contribution is -2.09. The second-order valence-corrected chi connectivity index (χ2v) is 7.51. The van der Waals surface area contributed by atoms with Gasteiger partial charge >= 0.3 is 0 Å². The van der Waals surface area contributed by atoms with Gasteiger partial charge in [0, 0.05) is 18.5 Å². The highest BCUT2D eigenvalue weighted by Gasteiger charge is 2.31. The van der Waals surface area contributed by atoms with Gasteiger partial charge in [-0.2, -0.15) is 0 Å². The zero-order valence-corrected chi connectivity index (χ0v) is 13.8. The lowest BCUT2D eigenvalue weighted by Gasteiger charge is -2.08. The molecule has 1 aromatic heterocycles. The summed E-state index contributed by atoms with van der Waals surface area (Å²) < 4.78 is 2.33. The maximum Gasteiger partial charge on any atom is 0.239 e. The first kappa shape index (κ1) is 14.2. The lowest BCUT2D eigenvalue weighted by molar-refractivity contribution is 0.855. The van der Waals surface area contributed by atoms with Crippen LogP contribution in [0, 0.1) is 0 Å². The molecule has 2 heteroatoms. The van der Waals surface area contributed by atoms with Crippen molar-refractivity contribution in [2.75, 3.05) is 0 Å². The van der Waals surface area contributed by atoms with Crippen LogP contribution in [0.4, 0.5) is 0 Å². The Morgan fingerprint density at radius 3 is 1.74 bits per heavy atom. The van der Waals surface area contributed by atoms with Gasteiger partial charge in [-0.25, -0.2) is 0 Å². The van der Waals surface area contributed by atoms with Crippen molar-refractivity contribution in [3.05, 3.63) is 91.0 Å². The summed E-state index contributed by atoms with van der Waals surface area (Å²) in [6.45, 7) is 0. The van der Waals surface area contributed by atoms with Crippen LogP contribution in [0.5, 0.6) is 0 Å².